The molecule has 2 fully saturated rings. The molecule has 0 spiro atoms. The zero-order valence-corrected chi connectivity index (χ0v) is 52.7. The minimum Gasteiger partial charge on any atom is -0.434 e. The first-order valence-electron chi connectivity index (χ1n) is 31.3. The number of ether oxygens (including phenoxy) is 2. The van der Waals surface area contributed by atoms with E-state index in [0.29, 0.717) is 99.2 Å². The van der Waals surface area contributed by atoms with Crippen LogP contribution < -0.4 is 21.4 Å². The molecule has 12 rings (SSSR count). The van der Waals surface area contributed by atoms with E-state index < -0.39 is 17.7 Å². The number of guanidine groups is 2. The van der Waals surface area contributed by atoms with Crippen LogP contribution in [-0.2, 0) is 49.9 Å². The third-order valence-electron chi connectivity index (χ3n) is 17.3. The molecule has 0 amide bonds. The average molecular weight is 1260 g/mol. The standard InChI is InChI=1S/C24H24N6O.C24H27N5O.C22H24N2O4.O2S/c1-25-23-11-10-21(29-23)22(31)13-18-9-8-17(12-20(18)16-6-4-3-5-7-16)19-14-27-24(28-15-19)30-26-2;1-25-23-11-10-21(29-23)22(30)13-18-9-8-17(19-14-27-24(26-2)28-15-19)12-20(18)16-6-4-3-5-7-16;1-14-11-23-21(24-14)20(25)10-17-8-7-16(18-12-27-22(26)28-13-18)9-19(17)15-5-3-2-4-6-15;1-3-2/h6,8-9,11-12,19H,3-5,7,10,13-15H2,(H2,27,28,30);6,8-9,11-12,19H,3-5,7,10,13-15H2,2H3,(H2,26,27,28);5,7-9,11,18H,2-4,6,10,12-13H2,1H3,(H,23,24);. The molecule has 474 valence electrons. The third-order valence-corrected chi connectivity index (χ3v) is 17.3. The number of ketones is 3. The number of Topliss-reactive ketones (excluding diaryl/α,β-unsaturated/α-hetero) is 3. The van der Waals surface area contributed by atoms with Crippen LogP contribution in [0.5, 0.6) is 0 Å². The zero-order chi connectivity index (χ0) is 64.8. The molecule has 5 aliphatic heterocycles. The number of aliphatic imine (C=N–C) groups is 4. The Morgan fingerprint density at radius 2 is 1.09 bits per heavy atom. The van der Waals surface area contributed by atoms with Gasteiger partial charge in [0.1, 0.15) is 13.2 Å². The summed E-state index contributed by atoms with van der Waals surface area (Å²) in [4.78, 5) is 83.5. The minimum absolute atomic E-state index is 0.0121. The Balaban J connectivity index is 0.000000160. The molecule has 1 aromatic heterocycles. The molecule has 6 heterocycles. The molecule has 92 heavy (non-hydrogen) atoms. The number of allylic oxidation sites excluding steroid dienone is 8. The van der Waals surface area contributed by atoms with Crippen molar-refractivity contribution >= 4 is 75.1 Å². The molecule has 4 aromatic rings. The van der Waals surface area contributed by atoms with Gasteiger partial charge < -0.3 is 40.1 Å². The monoisotopic (exact) mass is 1260 g/mol. The molecular weight excluding hydrogens is 1180 g/mol. The Kier molecular flexibility index (Phi) is 24.0. The second-order valence-corrected chi connectivity index (χ2v) is 23.6. The lowest BCUT2D eigenvalue weighted by Gasteiger charge is -2.27. The Labute approximate surface area is 540 Å². The highest BCUT2D eigenvalue weighted by Crippen LogP contribution is 2.36. The van der Waals surface area contributed by atoms with Crippen molar-refractivity contribution in [1.29, 1.82) is 0 Å². The lowest BCUT2D eigenvalue weighted by atomic mass is 9.85. The molecule has 0 saturated carbocycles. The maximum atomic E-state index is 12.9. The Hall–Kier alpha value is -9.98. The summed E-state index contributed by atoms with van der Waals surface area (Å²) in [5.74, 6) is 2.97. The maximum absolute atomic E-state index is 12.9. The van der Waals surface area contributed by atoms with E-state index in [1.165, 1.54) is 59.1 Å². The van der Waals surface area contributed by atoms with Crippen molar-refractivity contribution in [2.75, 3.05) is 46.4 Å². The van der Waals surface area contributed by atoms with Gasteiger partial charge in [-0.3, -0.25) is 19.4 Å². The van der Waals surface area contributed by atoms with Gasteiger partial charge in [0, 0.05) is 82.5 Å². The first kappa shape index (κ1) is 66.4. The van der Waals surface area contributed by atoms with Crippen LogP contribution in [0.2, 0.25) is 0 Å². The fourth-order valence-corrected chi connectivity index (χ4v) is 12.3. The van der Waals surface area contributed by atoms with Crippen LogP contribution in [0.15, 0.2) is 123 Å². The van der Waals surface area contributed by atoms with Gasteiger partial charge in [-0.2, -0.15) is 19.9 Å². The van der Waals surface area contributed by atoms with Crippen molar-refractivity contribution in [3.8, 4) is 0 Å². The molecule has 0 bridgehead atoms. The van der Waals surface area contributed by atoms with Crippen molar-refractivity contribution in [2.24, 2.45) is 20.0 Å². The average Bonchev–Trinajstić information content (AvgIpc) is 1.15. The predicted octanol–water partition coefficient (Wildman–Crippen LogP) is 11.1. The van der Waals surface area contributed by atoms with Gasteiger partial charge in [-0.1, -0.05) is 104 Å². The number of aryl methyl sites for hydroxylation is 1. The Morgan fingerprint density at radius 3 is 1.48 bits per heavy atom. The number of carbonyl (C=O) groups excluding carboxylic acids is 4. The topological polar surface area (TPSA) is 260 Å². The van der Waals surface area contributed by atoms with Crippen LogP contribution in [0.1, 0.15) is 174 Å². The van der Waals surface area contributed by atoms with Crippen LogP contribution >= 0.6 is 0 Å². The molecule has 1 unspecified atom stereocenters. The molecule has 8 aliphatic rings. The van der Waals surface area contributed by atoms with Crippen LogP contribution in [-0.4, -0.2) is 112 Å². The number of nitrogens with one attached hydrogen (secondary N) is 5. The summed E-state index contributed by atoms with van der Waals surface area (Å²) in [5.41, 5.74) is 18.4. The van der Waals surface area contributed by atoms with Crippen molar-refractivity contribution < 1.29 is 37.1 Å². The zero-order valence-electron chi connectivity index (χ0n) is 51.9. The summed E-state index contributed by atoms with van der Waals surface area (Å²) >= 11 is -0.750. The second-order valence-electron chi connectivity index (χ2n) is 23.4. The number of aromatic amines is 1. The van der Waals surface area contributed by atoms with E-state index in [0.717, 1.165) is 109 Å². The second kappa shape index (κ2) is 33.2. The molecule has 1 atom stereocenters. The predicted molar refractivity (Wildman–Crippen MR) is 355 cm³/mol. The number of nitrogens with zero attached hydrogens (tertiary/aromatic N) is 8. The summed E-state index contributed by atoms with van der Waals surface area (Å²) < 4.78 is 26.7. The van der Waals surface area contributed by atoms with E-state index in [9.17, 15) is 19.2 Å². The van der Waals surface area contributed by atoms with Gasteiger partial charge in [-0.15, -0.1) is 9.98 Å². The fourth-order valence-electron chi connectivity index (χ4n) is 12.3. The molecule has 22 heteroatoms. The number of hydrogen-bond acceptors (Lipinski definition) is 15. The molecule has 0 radical (unpaired) electrons. The van der Waals surface area contributed by atoms with Gasteiger partial charge in [0.15, 0.2) is 23.2 Å². The van der Waals surface area contributed by atoms with Crippen LogP contribution in [0.25, 0.3) is 31.4 Å². The van der Waals surface area contributed by atoms with Crippen molar-refractivity contribution in [3.63, 3.8) is 0 Å². The van der Waals surface area contributed by atoms with Gasteiger partial charge >= 0.3 is 17.7 Å². The van der Waals surface area contributed by atoms with Gasteiger partial charge in [0.05, 0.1) is 12.5 Å². The highest BCUT2D eigenvalue weighted by atomic mass is 32.1. The van der Waals surface area contributed by atoms with Crippen LogP contribution in [0.4, 0.5) is 4.79 Å². The largest absolute Gasteiger partial charge is 0.508 e. The van der Waals surface area contributed by atoms with E-state index in [-0.39, 0.29) is 29.2 Å². The van der Waals surface area contributed by atoms with Gasteiger partial charge in [-0.25, -0.2) is 14.8 Å². The van der Waals surface area contributed by atoms with Gasteiger partial charge in [-0.05, 0) is 151 Å². The van der Waals surface area contributed by atoms with Gasteiger partial charge in [0.25, 0.3) is 17.6 Å². The lowest BCUT2D eigenvalue weighted by Crippen LogP contribution is -2.48. The van der Waals surface area contributed by atoms with E-state index in [1.54, 1.807) is 25.4 Å². The van der Waals surface area contributed by atoms with Crippen LogP contribution in [0, 0.1) is 26.6 Å². The lowest BCUT2D eigenvalue weighted by molar-refractivity contribution is -0.113. The smallest absolute Gasteiger partial charge is 0.434 e. The van der Waals surface area contributed by atoms with E-state index >= 15 is 0 Å². The minimum atomic E-state index is -0.750. The SMILES string of the molecule is Cc1cnc(C(=O)Cc2ccc(C3COC(=O)OC3)cc2C2=CCCCC2)[nH]1.O=S=O.[C-]#[N+]C1=CCC(C(=O)Cc2ccc(C3CNC(=NC)NC3)cc2C2=CCCCC2)=N1.[C-]#[N+]NC1=NCC(c2ccc(CC(=O)C3=NC([N+]#[C-])=CC3)c(C3=CCCCC3)c2)CN1. The number of hydrogen-bond donors (Lipinski definition) is 5. The molecule has 3 aromatic carbocycles. The first-order chi connectivity index (χ1) is 44.9. The molecule has 5 N–H and O–H groups in total. The normalized spacial score (nSPS) is 19.1. The third kappa shape index (κ3) is 17.9. The summed E-state index contributed by atoms with van der Waals surface area (Å²) in [6, 6.07) is 19.1. The van der Waals surface area contributed by atoms with Crippen molar-refractivity contribution in [2.45, 2.75) is 134 Å². The summed E-state index contributed by atoms with van der Waals surface area (Å²) in [5, 5.41) is 9.84. The highest BCUT2D eigenvalue weighted by molar-refractivity contribution is 7.51. The Morgan fingerprint density at radius 1 is 0.630 bits per heavy atom. The number of aromatic nitrogens is 2. The molecule has 21 nitrogen and oxygen atoms in total. The van der Waals surface area contributed by atoms with E-state index in [1.807, 2.05) is 19.1 Å². The summed E-state index contributed by atoms with van der Waals surface area (Å²) in [7, 11) is 1.78. The number of H-pyrrole nitrogens is 1. The number of benzene rings is 3. The fraction of sp³-hybridized carbons (Fsp3) is 0.400. The molecule has 2 saturated heterocycles. The first-order valence-corrected chi connectivity index (χ1v) is 32.0. The summed E-state index contributed by atoms with van der Waals surface area (Å²) in [6.45, 7) is 26.6. The Bertz CT molecular complexity index is 3910. The van der Waals surface area contributed by atoms with Crippen LogP contribution in [0.3, 0.4) is 0 Å². The van der Waals surface area contributed by atoms with Crippen molar-refractivity contribution in [1.82, 2.24) is 31.3 Å². The highest BCUT2D eigenvalue weighted by Gasteiger charge is 2.29. The van der Waals surface area contributed by atoms with Gasteiger partial charge in [0.2, 0.25) is 17.3 Å². The number of carbonyl (C=O) groups is 4. The van der Waals surface area contributed by atoms with Crippen molar-refractivity contribution in [3.05, 3.63) is 199 Å². The maximum Gasteiger partial charge on any atom is 0.508 e. The number of imidazole rings is 1. The number of rotatable bonds is 15. The van der Waals surface area contributed by atoms with E-state index in [2.05, 4.69) is 127 Å². The quantitative estimate of drug-likeness (QED) is 0.0321. The molecular formula is C70H75N13O8S. The summed E-state index contributed by atoms with van der Waals surface area (Å²) in [6.07, 6.45) is 26.7. The van der Waals surface area contributed by atoms with E-state index in [4.69, 9.17) is 37.6 Å². The molecule has 3 aliphatic carbocycles. The number of cyclic esters (lactones) is 2.